The molecular weight excluding hydrogens is 265 g/mol. The Bertz CT molecular complexity index is 679. The van der Waals surface area contributed by atoms with Crippen LogP contribution in [-0.4, -0.2) is 11.1 Å². The van der Waals surface area contributed by atoms with E-state index in [0.717, 1.165) is 6.07 Å². The summed E-state index contributed by atoms with van der Waals surface area (Å²) in [4.78, 5) is 12.1. The van der Waals surface area contributed by atoms with Crippen LogP contribution in [0.3, 0.4) is 0 Å². The lowest BCUT2D eigenvalue weighted by molar-refractivity contribution is 0.0696. The fourth-order valence-electron chi connectivity index (χ4n) is 1.50. The van der Waals surface area contributed by atoms with E-state index in [2.05, 4.69) is 0 Å². The van der Waals surface area contributed by atoms with Gasteiger partial charge in [-0.25, -0.2) is 9.18 Å². The number of aromatic carboxylic acids is 1. The number of carboxylic acid groups (broad SMARTS) is 1. The summed E-state index contributed by atoms with van der Waals surface area (Å²) >= 11 is 1.23. The molecule has 5 heteroatoms. The van der Waals surface area contributed by atoms with E-state index in [1.807, 2.05) is 6.07 Å². The van der Waals surface area contributed by atoms with E-state index < -0.39 is 11.8 Å². The highest BCUT2D eigenvalue weighted by molar-refractivity contribution is 7.99. The molecule has 0 unspecified atom stereocenters. The fourth-order valence-corrected chi connectivity index (χ4v) is 2.44. The zero-order valence-corrected chi connectivity index (χ0v) is 10.4. The van der Waals surface area contributed by atoms with Crippen molar-refractivity contribution in [3.8, 4) is 6.07 Å². The van der Waals surface area contributed by atoms with Gasteiger partial charge in [0.15, 0.2) is 0 Å². The molecule has 0 aliphatic heterocycles. The van der Waals surface area contributed by atoms with E-state index in [-0.39, 0.29) is 11.1 Å². The number of hydrogen-bond acceptors (Lipinski definition) is 3. The molecule has 0 spiro atoms. The molecule has 0 saturated carbocycles. The highest BCUT2D eigenvalue weighted by Gasteiger charge is 2.08. The van der Waals surface area contributed by atoms with Gasteiger partial charge in [-0.05, 0) is 36.4 Å². The fraction of sp³-hybridized carbons (Fsp3) is 0. The predicted octanol–water partition coefficient (Wildman–Crippen LogP) is 3.55. The summed E-state index contributed by atoms with van der Waals surface area (Å²) < 4.78 is 13.0. The number of rotatable bonds is 3. The molecule has 19 heavy (non-hydrogen) atoms. The van der Waals surface area contributed by atoms with Crippen molar-refractivity contribution in [3.05, 3.63) is 59.4 Å². The van der Waals surface area contributed by atoms with Crippen molar-refractivity contribution in [1.82, 2.24) is 0 Å². The van der Waals surface area contributed by atoms with Crippen LogP contribution in [0.15, 0.2) is 52.3 Å². The number of nitrogens with zero attached hydrogens (tertiary/aromatic N) is 1. The maximum absolute atomic E-state index is 13.0. The van der Waals surface area contributed by atoms with Crippen LogP contribution in [-0.2, 0) is 0 Å². The molecule has 0 radical (unpaired) electrons. The van der Waals surface area contributed by atoms with Crippen LogP contribution in [0.1, 0.15) is 15.9 Å². The summed E-state index contributed by atoms with van der Waals surface area (Å²) in [5, 5.41) is 17.8. The minimum absolute atomic E-state index is 0.172. The third-order valence-corrected chi connectivity index (χ3v) is 3.44. The molecular formula is C14H8FNO2S. The molecule has 0 heterocycles. The average molecular weight is 273 g/mol. The summed E-state index contributed by atoms with van der Waals surface area (Å²) in [5.41, 5.74) is 0.399. The van der Waals surface area contributed by atoms with Crippen LogP contribution in [0, 0.1) is 17.1 Å². The molecule has 0 aromatic heterocycles. The molecule has 0 atom stereocenters. The van der Waals surface area contributed by atoms with E-state index in [0.29, 0.717) is 9.79 Å². The number of carbonyl (C=O) groups is 1. The largest absolute Gasteiger partial charge is 0.478 e. The van der Waals surface area contributed by atoms with Crippen molar-refractivity contribution in [3.63, 3.8) is 0 Å². The SMILES string of the molecule is N#Cc1cc(F)ccc1Sc1cccc(C(=O)O)c1. The summed E-state index contributed by atoms with van der Waals surface area (Å²) in [7, 11) is 0. The number of carboxylic acids is 1. The van der Waals surface area contributed by atoms with Crippen LogP contribution < -0.4 is 0 Å². The van der Waals surface area contributed by atoms with Gasteiger partial charge in [-0.15, -0.1) is 0 Å². The first-order valence-electron chi connectivity index (χ1n) is 5.31. The second kappa shape index (κ2) is 5.55. The van der Waals surface area contributed by atoms with Crippen LogP contribution in [0.4, 0.5) is 4.39 Å². The monoisotopic (exact) mass is 273 g/mol. The van der Waals surface area contributed by atoms with Gasteiger partial charge in [0, 0.05) is 9.79 Å². The topological polar surface area (TPSA) is 61.1 Å². The van der Waals surface area contributed by atoms with Gasteiger partial charge in [0.2, 0.25) is 0 Å². The number of halogens is 1. The highest BCUT2D eigenvalue weighted by Crippen LogP contribution is 2.31. The van der Waals surface area contributed by atoms with Crippen molar-refractivity contribution in [1.29, 1.82) is 5.26 Å². The van der Waals surface area contributed by atoms with E-state index in [1.54, 1.807) is 12.1 Å². The van der Waals surface area contributed by atoms with Gasteiger partial charge >= 0.3 is 5.97 Å². The third-order valence-electron chi connectivity index (χ3n) is 2.37. The van der Waals surface area contributed by atoms with Gasteiger partial charge < -0.3 is 5.11 Å². The Labute approximate surface area is 113 Å². The van der Waals surface area contributed by atoms with Crippen molar-refractivity contribution in [2.75, 3.05) is 0 Å². The van der Waals surface area contributed by atoms with Crippen molar-refractivity contribution in [2.24, 2.45) is 0 Å². The lowest BCUT2D eigenvalue weighted by atomic mass is 10.2. The van der Waals surface area contributed by atoms with Gasteiger partial charge in [0.05, 0.1) is 11.1 Å². The Morgan fingerprint density at radius 2 is 2.05 bits per heavy atom. The molecule has 2 rings (SSSR count). The van der Waals surface area contributed by atoms with Crippen LogP contribution in [0.25, 0.3) is 0 Å². The summed E-state index contributed by atoms with van der Waals surface area (Å²) in [6.07, 6.45) is 0. The first-order valence-corrected chi connectivity index (χ1v) is 6.12. The molecule has 2 aromatic rings. The number of nitriles is 1. The minimum atomic E-state index is -1.01. The maximum Gasteiger partial charge on any atom is 0.335 e. The highest BCUT2D eigenvalue weighted by atomic mass is 32.2. The van der Waals surface area contributed by atoms with Crippen LogP contribution in [0.2, 0.25) is 0 Å². The van der Waals surface area contributed by atoms with Gasteiger partial charge in [-0.2, -0.15) is 5.26 Å². The van der Waals surface area contributed by atoms with E-state index >= 15 is 0 Å². The lowest BCUT2D eigenvalue weighted by Crippen LogP contribution is -1.95. The molecule has 0 bridgehead atoms. The van der Waals surface area contributed by atoms with Gasteiger partial charge in [0.25, 0.3) is 0 Å². The minimum Gasteiger partial charge on any atom is -0.478 e. The van der Waals surface area contributed by atoms with Gasteiger partial charge in [-0.1, -0.05) is 17.8 Å². The summed E-state index contributed by atoms with van der Waals surface area (Å²) in [5.74, 6) is -1.48. The zero-order chi connectivity index (χ0) is 13.8. The zero-order valence-electron chi connectivity index (χ0n) is 9.63. The summed E-state index contributed by atoms with van der Waals surface area (Å²) in [6.45, 7) is 0. The van der Waals surface area contributed by atoms with E-state index in [4.69, 9.17) is 10.4 Å². The van der Waals surface area contributed by atoms with Crippen molar-refractivity contribution < 1.29 is 14.3 Å². The average Bonchev–Trinajstić information content (AvgIpc) is 2.41. The van der Waals surface area contributed by atoms with Crippen LogP contribution >= 0.6 is 11.8 Å². The first-order chi connectivity index (χ1) is 9.10. The molecule has 0 amide bonds. The third kappa shape index (κ3) is 3.12. The lowest BCUT2D eigenvalue weighted by Gasteiger charge is -2.05. The van der Waals surface area contributed by atoms with Crippen molar-refractivity contribution >= 4 is 17.7 Å². The van der Waals surface area contributed by atoms with E-state index in [1.165, 1.54) is 36.0 Å². The standard InChI is InChI=1S/C14H8FNO2S/c15-11-4-5-13(10(6-11)8-16)19-12-3-1-2-9(7-12)14(17)18/h1-7H,(H,17,18). The summed E-state index contributed by atoms with van der Waals surface area (Å²) in [6, 6.07) is 12.2. The second-order valence-electron chi connectivity index (χ2n) is 3.69. The maximum atomic E-state index is 13.0. The van der Waals surface area contributed by atoms with Gasteiger partial charge in [0.1, 0.15) is 11.9 Å². The molecule has 2 aromatic carbocycles. The molecule has 0 aliphatic carbocycles. The quantitative estimate of drug-likeness (QED) is 0.929. The molecule has 0 fully saturated rings. The van der Waals surface area contributed by atoms with Crippen LogP contribution in [0.5, 0.6) is 0 Å². The smallest absolute Gasteiger partial charge is 0.335 e. The second-order valence-corrected chi connectivity index (χ2v) is 4.80. The Morgan fingerprint density at radius 3 is 2.74 bits per heavy atom. The van der Waals surface area contributed by atoms with Crippen molar-refractivity contribution in [2.45, 2.75) is 9.79 Å². The molecule has 0 saturated heterocycles. The normalized spacial score (nSPS) is 9.89. The Hall–Kier alpha value is -2.32. The predicted molar refractivity (Wildman–Crippen MR) is 68.6 cm³/mol. The molecule has 3 nitrogen and oxygen atoms in total. The van der Waals surface area contributed by atoms with Gasteiger partial charge in [-0.3, -0.25) is 0 Å². The number of benzene rings is 2. The Balaban J connectivity index is 2.34. The Kier molecular flexibility index (Phi) is 3.83. The van der Waals surface area contributed by atoms with E-state index in [9.17, 15) is 9.18 Å². The molecule has 94 valence electrons. The number of hydrogen-bond donors (Lipinski definition) is 1. The molecule has 1 N–H and O–H groups in total. The first kappa shape index (κ1) is 13.1. The molecule has 0 aliphatic rings. The Morgan fingerprint density at radius 1 is 1.26 bits per heavy atom.